The highest BCUT2D eigenvalue weighted by atomic mass is 16.2. The Bertz CT molecular complexity index is 510. The molecule has 5 nitrogen and oxygen atoms in total. The maximum atomic E-state index is 11.6. The zero-order valence-corrected chi connectivity index (χ0v) is 13.3. The molecule has 0 saturated carbocycles. The number of unbranched alkanes of at least 4 members (excludes halogenated alkanes) is 1. The molecule has 1 aromatic carbocycles. The first-order valence-electron chi connectivity index (χ1n) is 8.08. The summed E-state index contributed by atoms with van der Waals surface area (Å²) in [6, 6.07) is 8.24. The molecule has 2 rings (SSSR count). The molecule has 0 bridgehead atoms. The van der Waals surface area contributed by atoms with Crippen molar-refractivity contribution in [3.63, 3.8) is 0 Å². The van der Waals surface area contributed by atoms with Crippen LogP contribution in [0.25, 0.3) is 0 Å². The van der Waals surface area contributed by atoms with Crippen molar-refractivity contribution in [2.24, 2.45) is 10.7 Å². The van der Waals surface area contributed by atoms with Crippen molar-refractivity contribution in [1.29, 1.82) is 0 Å². The summed E-state index contributed by atoms with van der Waals surface area (Å²) >= 11 is 0. The maximum Gasteiger partial charge on any atom is 0.222 e. The molecule has 1 saturated heterocycles. The summed E-state index contributed by atoms with van der Waals surface area (Å²) in [6.45, 7) is 5.18. The van der Waals surface area contributed by atoms with Crippen molar-refractivity contribution < 1.29 is 4.79 Å². The minimum atomic E-state index is 0.264. The number of benzene rings is 1. The predicted octanol–water partition coefficient (Wildman–Crippen LogP) is 2.01. The van der Waals surface area contributed by atoms with Crippen LogP contribution in [0.5, 0.6) is 0 Å². The Labute approximate surface area is 132 Å². The molecule has 3 N–H and O–H groups in total. The molecule has 1 aliphatic rings. The second-order valence-corrected chi connectivity index (χ2v) is 5.72. The second kappa shape index (κ2) is 8.41. The van der Waals surface area contributed by atoms with Crippen LogP contribution in [0.15, 0.2) is 29.3 Å². The van der Waals surface area contributed by atoms with E-state index in [1.807, 2.05) is 4.90 Å². The number of hydrogen-bond acceptors (Lipinski definition) is 2. The lowest BCUT2D eigenvalue weighted by atomic mass is 10.1. The highest BCUT2D eigenvalue weighted by molar-refractivity contribution is 5.78. The fraction of sp³-hybridized carbons (Fsp3) is 0.529. The van der Waals surface area contributed by atoms with Gasteiger partial charge in [-0.15, -0.1) is 0 Å². The number of amides is 1. The number of aliphatic imine (C=N–C) groups is 1. The van der Waals surface area contributed by atoms with E-state index in [1.54, 1.807) is 0 Å². The fourth-order valence-electron chi connectivity index (χ4n) is 2.47. The van der Waals surface area contributed by atoms with E-state index in [1.165, 1.54) is 0 Å². The Morgan fingerprint density at radius 3 is 2.68 bits per heavy atom. The Hall–Kier alpha value is -2.04. The number of nitrogens with one attached hydrogen (secondary N) is 1. The van der Waals surface area contributed by atoms with Crippen molar-refractivity contribution in [3.8, 4) is 0 Å². The summed E-state index contributed by atoms with van der Waals surface area (Å²) < 4.78 is 0. The van der Waals surface area contributed by atoms with E-state index in [0.29, 0.717) is 25.5 Å². The molecule has 22 heavy (non-hydrogen) atoms. The topological polar surface area (TPSA) is 70.7 Å². The van der Waals surface area contributed by atoms with Crippen LogP contribution in [-0.4, -0.2) is 29.9 Å². The van der Waals surface area contributed by atoms with E-state index in [-0.39, 0.29) is 5.91 Å². The first kappa shape index (κ1) is 16.3. The van der Waals surface area contributed by atoms with E-state index in [4.69, 9.17) is 5.73 Å². The zero-order chi connectivity index (χ0) is 15.8. The summed E-state index contributed by atoms with van der Waals surface area (Å²) in [5.41, 5.74) is 8.10. The average Bonchev–Trinajstić information content (AvgIpc) is 2.92. The lowest BCUT2D eigenvalue weighted by molar-refractivity contribution is -0.128. The Morgan fingerprint density at radius 2 is 2.05 bits per heavy atom. The van der Waals surface area contributed by atoms with Gasteiger partial charge < -0.3 is 16.0 Å². The van der Waals surface area contributed by atoms with E-state index >= 15 is 0 Å². The van der Waals surface area contributed by atoms with Gasteiger partial charge in [0, 0.05) is 26.1 Å². The second-order valence-electron chi connectivity index (χ2n) is 5.72. The lowest BCUT2D eigenvalue weighted by Gasteiger charge is -2.15. The normalized spacial score (nSPS) is 15.4. The van der Waals surface area contributed by atoms with Gasteiger partial charge in [0.05, 0.1) is 6.54 Å². The van der Waals surface area contributed by atoms with Gasteiger partial charge in [0.2, 0.25) is 5.91 Å². The van der Waals surface area contributed by atoms with Crippen LogP contribution < -0.4 is 11.1 Å². The molecule has 0 radical (unpaired) electrons. The highest BCUT2D eigenvalue weighted by Gasteiger charge is 2.19. The summed E-state index contributed by atoms with van der Waals surface area (Å²) in [4.78, 5) is 17.9. The third-order valence-electron chi connectivity index (χ3n) is 3.84. The molecule has 1 fully saturated rings. The summed E-state index contributed by atoms with van der Waals surface area (Å²) in [5.74, 6) is 0.764. The van der Waals surface area contributed by atoms with E-state index in [0.717, 1.165) is 43.5 Å². The smallest absolute Gasteiger partial charge is 0.222 e. The minimum absolute atomic E-state index is 0.264. The number of rotatable bonds is 7. The SMILES string of the molecule is CCCCNC(N)=NCc1ccc(CN2CCCC2=O)cc1. The van der Waals surface area contributed by atoms with Crippen molar-refractivity contribution in [2.75, 3.05) is 13.1 Å². The van der Waals surface area contributed by atoms with Gasteiger partial charge in [0.1, 0.15) is 0 Å². The number of nitrogens with zero attached hydrogens (tertiary/aromatic N) is 2. The Morgan fingerprint density at radius 1 is 1.32 bits per heavy atom. The molecule has 0 atom stereocenters. The first-order chi connectivity index (χ1) is 10.7. The van der Waals surface area contributed by atoms with Crippen molar-refractivity contribution in [1.82, 2.24) is 10.2 Å². The van der Waals surface area contributed by atoms with Gasteiger partial charge in [-0.1, -0.05) is 37.6 Å². The average molecular weight is 302 g/mol. The van der Waals surface area contributed by atoms with E-state index in [2.05, 4.69) is 41.5 Å². The monoisotopic (exact) mass is 302 g/mol. The van der Waals surface area contributed by atoms with Gasteiger partial charge in [0.25, 0.3) is 0 Å². The zero-order valence-electron chi connectivity index (χ0n) is 13.3. The molecule has 0 aromatic heterocycles. The molecule has 1 aliphatic heterocycles. The van der Waals surface area contributed by atoms with Gasteiger partial charge in [-0.25, -0.2) is 4.99 Å². The van der Waals surface area contributed by atoms with E-state index < -0.39 is 0 Å². The fourth-order valence-corrected chi connectivity index (χ4v) is 2.47. The van der Waals surface area contributed by atoms with Crippen molar-refractivity contribution >= 4 is 11.9 Å². The third-order valence-corrected chi connectivity index (χ3v) is 3.84. The van der Waals surface area contributed by atoms with Gasteiger partial charge in [0.15, 0.2) is 5.96 Å². The van der Waals surface area contributed by atoms with Crippen LogP contribution in [0.2, 0.25) is 0 Å². The molecule has 5 heteroatoms. The molecule has 0 spiro atoms. The number of likely N-dealkylation sites (tertiary alicyclic amines) is 1. The molecule has 120 valence electrons. The molecule has 0 unspecified atom stereocenters. The molecule has 0 aliphatic carbocycles. The summed E-state index contributed by atoms with van der Waals surface area (Å²) in [5, 5.41) is 3.10. The minimum Gasteiger partial charge on any atom is -0.370 e. The standard InChI is InChI=1S/C17H26N4O/c1-2-3-10-19-17(18)20-12-14-6-8-15(9-7-14)13-21-11-4-5-16(21)22/h6-9H,2-5,10-13H2,1H3,(H3,18,19,20). The Balaban J connectivity index is 1.81. The predicted molar refractivity (Wildman–Crippen MR) is 89.3 cm³/mol. The quantitative estimate of drug-likeness (QED) is 0.460. The molecule has 1 amide bonds. The van der Waals surface area contributed by atoms with Crippen LogP contribution in [0.4, 0.5) is 0 Å². The molecular formula is C17H26N4O. The van der Waals surface area contributed by atoms with Crippen LogP contribution >= 0.6 is 0 Å². The molecule has 1 aromatic rings. The number of nitrogens with two attached hydrogens (primary N) is 1. The number of hydrogen-bond donors (Lipinski definition) is 2. The summed E-state index contributed by atoms with van der Waals surface area (Å²) in [6.07, 6.45) is 3.91. The van der Waals surface area contributed by atoms with E-state index in [9.17, 15) is 4.79 Å². The van der Waals surface area contributed by atoms with Gasteiger partial charge in [-0.2, -0.15) is 0 Å². The van der Waals surface area contributed by atoms with Gasteiger partial charge in [-0.05, 0) is 24.0 Å². The van der Waals surface area contributed by atoms with Crippen LogP contribution in [0, 0.1) is 0 Å². The van der Waals surface area contributed by atoms with Crippen LogP contribution in [-0.2, 0) is 17.9 Å². The highest BCUT2D eigenvalue weighted by Crippen LogP contribution is 2.15. The first-order valence-corrected chi connectivity index (χ1v) is 8.08. The number of carbonyl (C=O) groups is 1. The van der Waals surface area contributed by atoms with Crippen LogP contribution in [0.1, 0.15) is 43.7 Å². The third kappa shape index (κ3) is 5.06. The number of carbonyl (C=O) groups excluding carboxylic acids is 1. The summed E-state index contributed by atoms with van der Waals surface area (Å²) in [7, 11) is 0. The largest absolute Gasteiger partial charge is 0.370 e. The van der Waals surface area contributed by atoms with Gasteiger partial charge in [-0.3, -0.25) is 4.79 Å². The Kier molecular flexibility index (Phi) is 6.25. The van der Waals surface area contributed by atoms with Crippen molar-refractivity contribution in [2.45, 2.75) is 45.7 Å². The number of guanidine groups is 1. The van der Waals surface area contributed by atoms with Crippen LogP contribution in [0.3, 0.4) is 0 Å². The van der Waals surface area contributed by atoms with Gasteiger partial charge >= 0.3 is 0 Å². The van der Waals surface area contributed by atoms with Crippen molar-refractivity contribution in [3.05, 3.63) is 35.4 Å². The molecule has 1 heterocycles. The maximum absolute atomic E-state index is 11.6. The molecular weight excluding hydrogens is 276 g/mol. The lowest BCUT2D eigenvalue weighted by Crippen LogP contribution is -2.32.